The molecular weight excluding hydrogens is 236 g/mol. The lowest BCUT2D eigenvalue weighted by Crippen LogP contribution is -2.25. The maximum atomic E-state index is 4.54. The maximum absolute atomic E-state index is 4.54. The summed E-state index contributed by atoms with van der Waals surface area (Å²) < 4.78 is 0. The van der Waals surface area contributed by atoms with Crippen LogP contribution in [0.2, 0.25) is 0 Å². The molecule has 106 valence electrons. The molecule has 0 bridgehead atoms. The van der Waals surface area contributed by atoms with Crippen LogP contribution in [0.15, 0.2) is 6.33 Å². The Balaban J connectivity index is 2.25. The molecule has 1 N–H and O–H groups in total. The fourth-order valence-corrected chi connectivity index (χ4v) is 2.69. The zero-order valence-electron chi connectivity index (χ0n) is 12.7. The number of hydrogen-bond acceptors (Lipinski definition) is 4. The van der Waals surface area contributed by atoms with Crippen molar-refractivity contribution in [3.05, 3.63) is 11.9 Å². The molecule has 19 heavy (non-hydrogen) atoms. The first-order chi connectivity index (χ1) is 9.07. The van der Waals surface area contributed by atoms with Gasteiger partial charge < -0.3 is 10.2 Å². The lowest BCUT2D eigenvalue weighted by atomic mass is 9.93. The van der Waals surface area contributed by atoms with Gasteiger partial charge >= 0.3 is 0 Å². The SMILES string of the molecule is CCCNc1ncnc(N2CCC(C)(C)C2)c1CC. The van der Waals surface area contributed by atoms with Crippen LogP contribution in [0.1, 0.15) is 46.1 Å². The van der Waals surface area contributed by atoms with Gasteiger partial charge in [-0.1, -0.05) is 27.7 Å². The van der Waals surface area contributed by atoms with E-state index in [4.69, 9.17) is 0 Å². The van der Waals surface area contributed by atoms with Crippen molar-refractivity contribution >= 4 is 11.6 Å². The average Bonchev–Trinajstić information content (AvgIpc) is 2.76. The van der Waals surface area contributed by atoms with Gasteiger partial charge in [0.25, 0.3) is 0 Å². The Morgan fingerprint density at radius 1 is 1.32 bits per heavy atom. The summed E-state index contributed by atoms with van der Waals surface area (Å²) in [5.41, 5.74) is 1.65. The predicted molar refractivity (Wildman–Crippen MR) is 80.8 cm³/mol. The molecule has 2 heterocycles. The van der Waals surface area contributed by atoms with Crippen LogP contribution < -0.4 is 10.2 Å². The molecule has 0 aromatic carbocycles. The largest absolute Gasteiger partial charge is 0.370 e. The van der Waals surface area contributed by atoms with E-state index in [1.807, 2.05) is 0 Å². The second-order valence-electron chi connectivity index (χ2n) is 6.14. The van der Waals surface area contributed by atoms with Gasteiger partial charge in [-0.25, -0.2) is 9.97 Å². The molecule has 0 spiro atoms. The Labute approximate surface area is 116 Å². The van der Waals surface area contributed by atoms with Crippen LogP contribution in [0.3, 0.4) is 0 Å². The van der Waals surface area contributed by atoms with Crippen LogP contribution in [0.25, 0.3) is 0 Å². The lowest BCUT2D eigenvalue weighted by molar-refractivity contribution is 0.418. The van der Waals surface area contributed by atoms with Crippen molar-refractivity contribution in [1.82, 2.24) is 9.97 Å². The normalized spacial score (nSPS) is 17.8. The Bertz CT molecular complexity index is 428. The maximum Gasteiger partial charge on any atom is 0.137 e. The molecule has 1 fully saturated rings. The summed E-state index contributed by atoms with van der Waals surface area (Å²) in [5.74, 6) is 2.14. The summed E-state index contributed by atoms with van der Waals surface area (Å²) in [6.45, 7) is 12.2. The molecule has 0 atom stereocenters. The highest BCUT2D eigenvalue weighted by Gasteiger charge is 2.31. The van der Waals surface area contributed by atoms with Crippen LogP contribution in [0.4, 0.5) is 11.6 Å². The molecular formula is C15H26N4. The predicted octanol–water partition coefficient (Wildman–Crippen LogP) is 3.10. The number of aromatic nitrogens is 2. The summed E-state index contributed by atoms with van der Waals surface area (Å²) >= 11 is 0. The Morgan fingerprint density at radius 2 is 2.11 bits per heavy atom. The minimum absolute atomic E-state index is 0.396. The van der Waals surface area contributed by atoms with Gasteiger partial charge in [-0.05, 0) is 24.7 Å². The molecule has 0 radical (unpaired) electrons. The first-order valence-electron chi connectivity index (χ1n) is 7.40. The van der Waals surface area contributed by atoms with Crippen LogP contribution in [0.5, 0.6) is 0 Å². The van der Waals surface area contributed by atoms with Gasteiger partial charge in [0.2, 0.25) is 0 Å². The zero-order valence-corrected chi connectivity index (χ0v) is 12.7. The highest BCUT2D eigenvalue weighted by Crippen LogP contribution is 2.34. The van der Waals surface area contributed by atoms with E-state index < -0.39 is 0 Å². The van der Waals surface area contributed by atoms with E-state index in [0.717, 1.165) is 44.1 Å². The molecule has 1 saturated heterocycles. The van der Waals surface area contributed by atoms with Crippen molar-refractivity contribution in [3.8, 4) is 0 Å². The minimum Gasteiger partial charge on any atom is -0.370 e. The van der Waals surface area contributed by atoms with E-state index in [9.17, 15) is 0 Å². The third kappa shape index (κ3) is 3.17. The lowest BCUT2D eigenvalue weighted by Gasteiger charge is -2.23. The zero-order chi connectivity index (χ0) is 13.9. The monoisotopic (exact) mass is 262 g/mol. The number of nitrogens with zero attached hydrogens (tertiary/aromatic N) is 3. The molecule has 1 aromatic heterocycles. The van der Waals surface area contributed by atoms with Crippen molar-refractivity contribution in [2.45, 2.75) is 47.0 Å². The van der Waals surface area contributed by atoms with Crippen molar-refractivity contribution in [1.29, 1.82) is 0 Å². The summed E-state index contributed by atoms with van der Waals surface area (Å²) in [5, 5.41) is 3.42. The molecule has 4 nitrogen and oxygen atoms in total. The molecule has 1 aromatic rings. The van der Waals surface area contributed by atoms with Gasteiger partial charge in [-0.3, -0.25) is 0 Å². The molecule has 0 amide bonds. The average molecular weight is 262 g/mol. The molecule has 2 rings (SSSR count). The van der Waals surface area contributed by atoms with E-state index in [1.54, 1.807) is 6.33 Å². The molecule has 1 aliphatic rings. The van der Waals surface area contributed by atoms with E-state index in [-0.39, 0.29) is 0 Å². The van der Waals surface area contributed by atoms with Crippen molar-refractivity contribution in [2.75, 3.05) is 29.9 Å². The molecule has 0 saturated carbocycles. The summed E-state index contributed by atoms with van der Waals surface area (Å²) in [6, 6.07) is 0. The van der Waals surface area contributed by atoms with Crippen LogP contribution in [-0.2, 0) is 6.42 Å². The smallest absolute Gasteiger partial charge is 0.137 e. The fourth-order valence-electron chi connectivity index (χ4n) is 2.69. The second-order valence-corrected chi connectivity index (χ2v) is 6.14. The van der Waals surface area contributed by atoms with Gasteiger partial charge in [0.15, 0.2) is 0 Å². The van der Waals surface area contributed by atoms with E-state index >= 15 is 0 Å². The van der Waals surface area contributed by atoms with Crippen LogP contribution >= 0.6 is 0 Å². The number of nitrogens with one attached hydrogen (secondary N) is 1. The third-order valence-corrected chi connectivity index (χ3v) is 3.80. The Kier molecular flexibility index (Phi) is 4.27. The van der Waals surface area contributed by atoms with E-state index in [1.165, 1.54) is 12.0 Å². The molecule has 4 heteroatoms. The van der Waals surface area contributed by atoms with Crippen LogP contribution in [-0.4, -0.2) is 29.6 Å². The van der Waals surface area contributed by atoms with Gasteiger partial charge in [-0.15, -0.1) is 0 Å². The quantitative estimate of drug-likeness (QED) is 0.885. The number of anilines is 2. The first kappa shape index (κ1) is 14.1. The number of hydrogen-bond donors (Lipinski definition) is 1. The van der Waals surface area contributed by atoms with Gasteiger partial charge in [0.05, 0.1) is 0 Å². The molecule has 0 unspecified atom stereocenters. The highest BCUT2D eigenvalue weighted by molar-refractivity contribution is 5.59. The first-order valence-corrected chi connectivity index (χ1v) is 7.40. The molecule has 1 aliphatic heterocycles. The van der Waals surface area contributed by atoms with Crippen molar-refractivity contribution in [3.63, 3.8) is 0 Å². The van der Waals surface area contributed by atoms with Crippen molar-refractivity contribution < 1.29 is 0 Å². The summed E-state index contributed by atoms with van der Waals surface area (Å²) in [7, 11) is 0. The van der Waals surface area contributed by atoms with Crippen molar-refractivity contribution in [2.24, 2.45) is 5.41 Å². The second kappa shape index (κ2) is 5.76. The summed E-state index contributed by atoms with van der Waals surface area (Å²) in [6.07, 6.45) is 5.01. The van der Waals surface area contributed by atoms with E-state index in [0.29, 0.717) is 5.41 Å². The van der Waals surface area contributed by atoms with Crippen LogP contribution in [0, 0.1) is 5.41 Å². The standard InChI is InChI=1S/C15H26N4/c1-5-8-16-13-12(6-2)14(18-11-17-13)19-9-7-15(3,4)10-19/h11H,5-10H2,1-4H3,(H,16,17,18). The Hall–Kier alpha value is -1.32. The number of rotatable bonds is 5. The van der Waals surface area contributed by atoms with Gasteiger partial charge in [0, 0.05) is 25.2 Å². The Morgan fingerprint density at radius 3 is 2.68 bits per heavy atom. The third-order valence-electron chi connectivity index (χ3n) is 3.80. The van der Waals surface area contributed by atoms with E-state index in [2.05, 4.69) is 47.9 Å². The fraction of sp³-hybridized carbons (Fsp3) is 0.733. The van der Waals surface area contributed by atoms with Gasteiger partial charge in [-0.2, -0.15) is 0 Å². The van der Waals surface area contributed by atoms with Gasteiger partial charge in [0.1, 0.15) is 18.0 Å². The summed E-state index contributed by atoms with van der Waals surface area (Å²) in [4.78, 5) is 11.4. The molecule has 0 aliphatic carbocycles. The highest BCUT2D eigenvalue weighted by atomic mass is 15.2. The minimum atomic E-state index is 0.396. The topological polar surface area (TPSA) is 41.1 Å².